The lowest BCUT2D eigenvalue weighted by molar-refractivity contribution is -0.0523. The first-order valence-corrected chi connectivity index (χ1v) is 13.9. The number of hydrogen-bond acceptors (Lipinski definition) is 0. The predicted molar refractivity (Wildman–Crippen MR) is 134 cm³/mol. The highest BCUT2D eigenvalue weighted by Gasteiger charge is 2.58. The monoisotopic (exact) mass is 414 g/mol. The summed E-state index contributed by atoms with van der Waals surface area (Å²) in [5.74, 6) is 6.73. The lowest BCUT2D eigenvalue weighted by Crippen LogP contribution is -2.50. The van der Waals surface area contributed by atoms with Gasteiger partial charge in [-0.25, -0.2) is 0 Å². The largest absolute Gasteiger partial charge is 0.0845 e. The third-order valence-electron chi connectivity index (χ3n) is 10.6. The van der Waals surface area contributed by atoms with E-state index in [4.69, 9.17) is 0 Å². The zero-order valence-electron chi connectivity index (χ0n) is 21.9. The van der Waals surface area contributed by atoms with Crippen molar-refractivity contribution in [3.05, 3.63) is 11.6 Å². The second-order valence-corrected chi connectivity index (χ2v) is 12.6. The van der Waals surface area contributed by atoms with Crippen LogP contribution in [0.25, 0.3) is 0 Å². The first-order valence-electron chi connectivity index (χ1n) is 13.9. The second-order valence-electron chi connectivity index (χ2n) is 12.6. The van der Waals surface area contributed by atoms with E-state index in [-0.39, 0.29) is 0 Å². The van der Waals surface area contributed by atoms with Crippen LogP contribution >= 0.6 is 0 Å². The van der Waals surface area contributed by atoms with E-state index in [0.29, 0.717) is 10.8 Å². The summed E-state index contributed by atoms with van der Waals surface area (Å²) in [6.45, 7) is 19.3. The molecule has 0 spiro atoms. The molecule has 0 aromatic heterocycles. The van der Waals surface area contributed by atoms with E-state index in [2.05, 4.69) is 47.6 Å². The minimum Gasteiger partial charge on any atom is -0.0845 e. The number of rotatable bonds is 5. The summed E-state index contributed by atoms with van der Waals surface area (Å²) in [7, 11) is 0. The minimum absolute atomic E-state index is 0.553. The van der Waals surface area contributed by atoms with Gasteiger partial charge in [0.05, 0.1) is 0 Å². The van der Waals surface area contributed by atoms with Crippen LogP contribution in [0.15, 0.2) is 11.6 Å². The Kier molecular flexibility index (Phi) is 7.89. The first kappa shape index (κ1) is 24.4. The second kappa shape index (κ2) is 9.70. The van der Waals surface area contributed by atoms with Crippen molar-refractivity contribution in [2.75, 3.05) is 0 Å². The van der Waals surface area contributed by atoms with Crippen molar-refractivity contribution in [3.8, 4) is 0 Å². The minimum atomic E-state index is 0.553. The highest BCUT2D eigenvalue weighted by molar-refractivity contribution is 5.25. The molecule has 4 aliphatic carbocycles. The highest BCUT2D eigenvalue weighted by Crippen LogP contribution is 2.67. The van der Waals surface area contributed by atoms with Gasteiger partial charge in [-0.05, 0) is 104 Å². The molecule has 174 valence electrons. The van der Waals surface area contributed by atoms with E-state index in [1.54, 1.807) is 0 Å². The molecule has 0 saturated heterocycles. The topological polar surface area (TPSA) is 0 Å². The molecule has 0 N–H and O–H groups in total. The summed E-state index contributed by atoms with van der Waals surface area (Å²) in [6, 6.07) is 0. The van der Waals surface area contributed by atoms with Gasteiger partial charge in [0.25, 0.3) is 0 Å². The van der Waals surface area contributed by atoms with Crippen LogP contribution < -0.4 is 0 Å². The van der Waals surface area contributed by atoms with E-state index in [1.807, 2.05) is 19.4 Å². The summed E-state index contributed by atoms with van der Waals surface area (Å²) >= 11 is 0. The zero-order chi connectivity index (χ0) is 22.1. The standard InChI is InChI=1S/C28H48.C2H6/c1-19(2)8-7-9-21(4)24-12-13-25-23-11-10-22-18-20(3)14-16-27(22,5)26(23)15-17-28(24,25)6;1-2/h10,19-21,23-26H,7-9,11-18H2,1-6H3;1-2H3/t20-,21+,23?,24+,25?,26?,27-,28+;/m0./s1. The van der Waals surface area contributed by atoms with Gasteiger partial charge in [0, 0.05) is 0 Å². The van der Waals surface area contributed by atoms with Gasteiger partial charge in [0.1, 0.15) is 0 Å². The first-order chi connectivity index (χ1) is 14.3. The molecule has 4 rings (SSSR count). The van der Waals surface area contributed by atoms with E-state index < -0.39 is 0 Å². The molecule has 0 nitrogen and oxygen atoms in total. The van der Waals surface area contributed by atoms with Gasteiger partial charge >= 0.3 is 0 Å². The van der Waals surface area contributed by atoms with Crippen molar-refractivity contribution >= 4 is 0 Å². The predicted octanol–water partition coefficient (Wildman–Crippen LogP) is 9.69. The molecule has 0 amide bonds. The maximum Gasteiger partial charge on any atom is -0.00851 e. The Bertz CT molecular complexity index is 585. The Balaban J connectivity index is 0.00000124. The van der Waals surface area contributed by atoms with E-state index in [1.165, 1.54) is 70.6 Å². The van der Waals surface area contributed by atoms with Crippen LogP contribution in [-0.4, -0.2) is 0 Å². The average molecular weight is 415 g/mol. The molecule has 0 heteroatoms. The number of hydrogen-bond donors (Lipinski definition) is 0. The molecule has 0 aromatic carbocycles. The van der Waals surface area contributed by atoms with Crippen molar-refractivity contribution in [1.82, 2.24) is 0 Å². The Morgan fingerprint density at radius 1 is 0.933 bits per heavy atom. The van der Waals surface area contributed by atoms with Crippen molar-refractivity contribution in [1.29, 1.82) is 0 Å². The molecule has 0 aliphatic heterocycles. The molecule has 0 bridgehead atoms. The Morgan fingerprint density at radius 3 is 2.37 bits per heavy atom. The molecular formula is C30H54. The molecule has 30 heavy (non-hydrogen) atoms. The molecule has 0 radical (unpaired) electrons. The van der Waals surface area contributed by atoms with Crippen LogP contribution in [0.4, 0.5) is 0 Å². The summed E-state index contributed by atoms with van der Waals surface area (Å²) < 4.78 is 0. The quantitative estimate of drug-likeness (QED) is 0.393. The third-order valence-corrected chi connectivity index (χ3v) is 10.6. The maximum absolute atomic E-state index is 2.75. The fourth-order valence-electron chi connectivity index (χ4n) is 8.87. The number of allylic oxidation sites excluding steroid dienone is 2. The summed E-state index contributed by atoms with van der Waals surface area (Å²) in [5, 5.41) is 0. The van der Waals surface area contributed by atoms with Gasteiger partial charge < -0.3 is 0 Å². The zero-order valence-corrected chi connectivity index (χ0v) is 21.9. The normalized spacial score (nSPS) is 43.6. The molecule has 0 aromatic rings. The lowest BCUT2D eigenvalue weighted by Gasteiger charge is -2.58. The summed E-state index contributed by atoms with van der Waals surface area (Å²) in [6.07, 6.45) is 19.0. The average Bonchev–Trinajstić information content (AvgIpc) is 3.07. The van der Waals surface area contributed by atoms with Gasteiger partial charge in [0.15, 0.2) is 0 Å². The van der Waals surface area contributed by atoms with Gasteiger partial charge in [-0.2, -0.15) is 0 Å². The van der Waals surface area contributed by atoms with Gasteiger partial charge in [-0.15, -0.1) is 0 Å². The Labute approximate surface area is 190 Å². The highest BCUT2D eigenvalue weighted by atomic mass is 14.6. The molecule has 4 aliphatic rings. The lowest BCUT2D eigenvalue weighted by atomic mass is 9.46. The fourth-order valence-corrected chi connectivity index (χ4v) is 8.87. The van der Waals surface area contributed by atoms with Crippen LogP contribution in [0.5, 0.6) is 0 Å². The molecule has 3 fully saturated rings. The van der Waals surface area contributed by atoms with Crippen LogP contribution in [-0.2, 0) is 0 Å². The Hall–Kier alpha value is -0.260. The Morgan fingerprint density at radius 2 is 1.67 bits per heavy atom. The van der Waals surface area contributed by atoms with Crippen LogP contribution in [0.3, 0.4) is 0 Å². The van der Waals surface area contributed by atoms with Crippen LogP contribution in [0, 0.1) is 52.3 Å². The van der Waals surface area contributed by atoms with Crippen molar-refractivity contribution in [3.63, 3.8) is 0 Å². The van der Waals surface area contributed by atoms with Crippen LogP contribution in [0.2, 0.25) is 0 Å². The molecule has 3 saturated carbocycles. The molecule has 3 unspecified atom stereocenters. The van der Waals surface area contributed by atoms with Crippen LogP contribution in [0.1, 0.15) is 126 Å². The van der Waals surface area contributed by atoms with Crippen molar-refractivity contribution in [2.45, 2.75) is 126 Å². The van der Waals surface area contributed by atoms with Gasteiger partial charge in [0.2, 0.25) is 0 Å². The summed E-state index contributed by atoms with van der Waals surface area (Å²) in [4.78, 5) is 0. The maximum atomic E-state index is 2.75. The van der Waals surface area contributed by atoms with Crippen molar-refractivity contribution < 1.29 is 0 Å². The molecule has 8 atom stereocenters. The van der Waals surface area contributed by atoms with Gasteiger partial charge in [-0.1, -0.05) is 86.3 Å². The molecular weight excluding hydrogens is 360 g/mol. The van der Waals surface area contributed by atoms with E-state index >= 15 is 0 Å². The van der Waals surface area contributed by atoms with Gasteiger partial charge in [-0.3, -0.25) is 0 Å². The third kappa shape index (κ3) is 4.32. The number of fused-ring (bicyclic) bond motifs is 5. The van der Waals surface area contributed by atoms with E-state index in [9.17, 15) is 0 Å². The summed E-state index contributed by atoms with van der Waals surface area (Å²) in [5.41, 5.74) is 3.06. The fraction of sp³-hybridized carbons (Fsp3) is 0.933. The van der Waals surface area contributed by atoms with E-state index in [0.717, 1.165) is 41.4 Å². The SMILES string of the molecule is CC.CC(C)CCC[C@@H](C)[C@H]1CCC2C3CC=C4C[C@@H](C)CC[C@]4(C)C3CC[C@@]21C. The molecule has 0 heterocycles. The van der Waals surface area contributed by atoms with Crippen molar-refractivity contribution in [2.24, 2.45) is 52.3 Å². The smallest absolute Gasteiger partial charge is 0.00851 e.